The van der Waals surface area contributed by atoms with Gasteiger partial charge in [0.2, 0.25) is 5.91 Å². The lowest BCUT2D eigenvalue weighted by Gasteiger charge is -2.17. The van der Waals surface area contributed by atoms with Crippen molar-refractivity contribution < 1.29 is 19.5 Å². The van der Waals surface area contributed by atoms with Gasteiger partial charge in [0.25, 0.3) is 0 Å². The van der Waals surface area contributed by atoms with Gasteiger partial charge in [0.1, 0.15) is 6.04 Å². The Labute approximate surface area is 147 Å². The van der Waals surface area contributed by atoms with E-state index in [1.807, 2.05) is 12.1 Å². The molecule has 1 aromatic rings. The Morgan fingerprint density at radius 3 is 2.39 bits per heavy atom. The van der Waals surface area contributed by atoms with E-state index in [-0.39, 0.29) is 13.0 Å². The third-order valence-electron chi connectivity index (χ3n) is 2.96. The maximum atomic E-state index is 12.2. The van der Waals surface area contributed by atoms with Crippen molar-refractivity contribution in [3.05, 3.63) is 29.8 Å². The molecule has 0 aliphatic carbocycles. The standard InChI is InChI=1S/C14H19IN4O4/c15-8-9-3-5-10(6-4-9)18-12(20)11(19-14(22)23)2-1-7-17-13(16)21/h3-6,11,19H,1-2,7-8H2,(H,18,20)(H,22,23)(H3,16,17,21). The number of amides is 4. The predicted molar refractivity (Wildman–Crippen MR) is 94.6 cm³/mol. The normalized spacial score (nSPS) is 11.3. The average Bonchev–Trinajstić information content (AvgIpc) is 2.50. The van der Waals surface area contributed by atoms with Crippen LogP contribution in [0.25, 0.3) is 0 Å². The van der Waals surface area contributed by atoms with E-state index in [1.165, 1.54) is 0 Å². The van der Waals surface area contributed by atoms with Crippen LogP contribution in [-0.2, 0) is 9.22 Å². The summed E-state index contributed by atoms with van der Waals surface area (Å²) >= 11 is 2.24. The number of halogens is 1. The molecule has 0 bridgehead atoms. The molecule has 0 aliphatic rings. The topological polar surface area (TPSA) is 134 Å². The highest BCUT2D eigenvalue weighted by Crippen LogP contribution is 2.13. The Morgan fingerprint density at radius 1 is 1.22 bits per heavy atom. The molecule has 0 radical (unpaired) electrons. The zero-order valence-electron chi connectivity index (χ0n) is 12.3. The van der Waals surface area contributed by atoms with Crippen molar-refractivity contribution in [2.45, 2.75) is 23.3 Å². The summed E-state index contributed by atoms with van der Waals surface area (Å²) in [7, 11) is 0. The van der Waals surface area contributed by atoms with Crippen molar-refractivity contribution in [1.29, 1.82) is 0 Å². The molecule has 0 saturated heterocycles. The summed E-state index contributed by atoms with van der Waals surface area (Å²) in [5.74, 6) is -0.450. The Morgan fingerprint density at radius 2 is 1.87 bits per heavy atom. The lowest BCUT2D eigenvalue weighted by molar-refractivity contribution is -0.118. The number of carbonyl (C=O) groups is 3. The van der Waals surface area contributed by atoms with Crippen LogP contribution in [0.15, 0.2) is 24.3 Å². The van der Waals surface area contributed by atoms with Crippen molar-refractivity contribution in [1.82, 2.24) is 10.6 Å². The number of hydrogen-bond acceptors (Lipinski definition) is 3. The molecule has 0 saturated carbocycles. The van der Waals surface area contributed by atoms with Crippen LogP contribution in [-0.4, -0.2) is 35.7 Å². The van der Waals surface area contributed by atoms with Crippen LogP contribution in [0.4, 0.5) is 15.3 Å². The molecule has 1 unspecified atom stereocenters. The smallest absolute Gasteiger partial charge is 0.405 e. The van der Waals surface area contributed by atoms with Crippen molar-refractivity contribution in [3.63, 3.8) is 0 Å². The number of anilines is 1. The van der Waals surface area contributed by atoms with Crippen molar-refractivity contribution in [2.24, 2.45) is 5.73 Å². The SMILES string of the molecule is NC(=O)NCCCC(NC(=O)O)C(=O)Nc1ccc(CI)cc1. The molecule has 0 spiro atoms. The maximum absolute atomic E-state index is 12.2. The zero-order valence-corrected chi connectivity index (χ0v) is 14.5. The molecule has 126 valence electrons. The summed E-state index contributed by atoms with van der Waals surface area (Å²) in [5, 5.41) is 16.1. The van der Waals surface area contributed by atoms with E-state index in [0.29, 0.717) is 12.1 Å². The van der Waals surface area contributed by atoms with Gasteiger partial charge in [0.05, 0.1) is 0 Å². The molecule has 0 heterocycles. The summed E-state index contributed by atoms with van der Waals surface area (Å²) < 4.78 is 0.863. The molecule has 1 atom stereocenters. The Bertz CT molecular complexity index is 550. The van der Waals surface area contributed by atoms with E-state index < -0.39 is 24.1 Å². The van der Waals surface area contributed by atoms with Gasteiger partial charge >= 0.3 is 12.1 Å². The fraction of sp³-hybridized carbons (Fsp3) is 0.357. The Balaban J connectivity index is 2.59. The van der Waals surface area contributed by atoms with Gasteiger partial charge < -0.3 is 26.8 Å². The summed E-state index contributed by atoms with van der Waals surface area (Å²) in [4.78, 5) is 33.6. The van der Waals surface area contributed by atoms with Gasteiger partial charge in [-0.25, -0.2) is 9.59 Å². The quantitative estimate of drug-likeness (QED) is 0.242. The molecular formula is C14H19IN4O4. The van der Waals surface area contributed by atoms with Gasteiger partial charge in [-0.2, -0.15) is 0 Å². The number of rotatable bonds is 8. The highest BCUT2D eigenvalue weighted by Gasteiger charge is 2.20. The van der Waals surface area contributed by atoms with E-state index in [4.69, 9.17) is 10.8 Å². The van der Waals surface area contributed by atoms with E-state index in [0.717, 1.165) is 9.99 Å². The number of urea groups is 1. The minimum Gasteiger partial charge on any atom is -0.465 e. The van der Waals surface area contributed by atoms with Crippen molar-refractivity contribution in [2.75, 3.05) is 11.9 Å². The molecule has 0 aliphatic heterocycles. The second kappa shape index (κ2) is 9.87. The fourth-order valence-corrected chi connectivity index (χ4v) is 2.35. The van der Waals surface area contributed by atoms with E-state index >= 15 is 0 Å². The van der Waals surface area contributed by atoms with E-state index in [2.05, 4.69) is 38.5 Å². The zero-order chi connectivity index (χ0) is 17.2. The van der Waals surface area contributed by atoms with Gasteiger partial charge in [0.15, 0.2) is 0 Å². The molecule has 9 heteroatoms. The first-order chi connectivity index (χ1) is 10.9. The average molecular weight is 434 g/mol. The van der Waals surface area contributed by atoms with Crippen LogP contribution in [0.5, 0.6) is 0 Å². The second-order valence-corrected chi connectivity index (χ2v) is 5.52. The lowest BCUT2D eigenvalue weighted by Crippen LogP contribution is -2.43. The van der Waals surface area contributed by atoms with Crippen LogP contribution < -0.4 is 21.7 Å². The van der Waals surface area contributed by atoms with Crippen molar-refractivity contribution in [3.8, 4) is 0 Å². The molecule has 4 amide bonds. The van der Waals surface area contributed by atoms with E-state index in [9.17, 15) is 14.4 Å². The monoisotopic (exact) mass is 434 g/mol. The molecule has 1 rings (SSSR count). The summed E-state index contributed by atoms with van der Waals surface area (Å²) in [6.07, 6.45) is -0.632. The highest BCUT2D eigenvalue weighted by molar-refractivity contribution is 14.1. The minimum atomic E-state index is -1.28. The van der Waals surface area contributed by atoms with Crippen molar-refractivity contribution >= 4 is 46.3 Å². The Kier molecular flexibility index (Phi) is 8.16. The van der Waals surface area contributed by atoms with Crippen LogP contribution in [0, 0.1) is 0 Å². The van der Waals surface area contributed by atoms with Crippen LogP contribution in [0.2, 0.25) is 0 Å². The summed E-state index contributed by atoms with van der Waals surface area (Å²) in [6, 6.07) is 5.73. The molecule has 6 N–H and O–H groups in total. The number of alkyl halides is 1. The largest absolute Gasteiger partial charge is 0.465 e. The third kappa shape index (κ3) is 7.68. The number of nitrogens with two attached hydrogens (primary N) is 1. The molecule has 1 aromatic carbocycles. The van der Waals surface area contributed by atoms with Gasteiger partial charge in [-0.05, 0) is 30.5 Å². The van der Waals surface area contributed by atoms with Crippen LogP contribution >= 0.6 is 22.6 Å². The predicted octanol–water partition coefficient (Wildman–Crippen LogP) is 1.64. The van der Waals surface area contributed by atoms with Gasteiger partial charge in [0, 0.05) is 16.7 Å². The van der Waals surface area contributed by atoms with Gasteiger partial charge in [-0.3, -0.25) is 4.79 Å². The number of primary amides is 1. The number of hydrogen-bond donors (Lipinski definition) is 5. The fourth-order valence-electron chi connectivity index (χ4n) is 1.84. The molecule has 23 heavy (non-hydrogen) atoms. The lowest BCUT2D eigenvalue weighted by atomic mass is 10.1. The van der Waals surface area contributed by atoms with Crippen LogP contribution in [0.3, 0.4) is 0 Å². The van der Waals surface area contributed by atoms with Gasteiger partial charge in [-0.1, -0.05) is 34.7 Å². The molecule has 0 aromatic heterocycles. The number of carboxylic acid groups (broad SMARTS) is 1. The Hall–Kier alpha value is -2.04. The van der Waals surface area contributed by atoms with E-state index in [1.54, 1.807) is 12.1 Å². The first-order valence-corrected chi connectivity index (χ1v) is 8.43. The number of nitrogens with one attached hydrogen (secondary N) is 3. The number of benzene rings is 1. The first-order valence-electron chi connectivity index (χ1n) is 6.91. The third-order valence-corrected chi connectivity index (χ3v) is 3.84. The summed E-state index contributed by atoms with van der Waals surface area (Å²) in [6.45, 7) is 0.269. The molecule has 8 nitrogen and oxygen atoms in total. The highest BCUT2D eigenvalue weighted by atomic mass is 127. The van der Waals surface area contributed by atoms with Gasteiger partial charge in [-0.15, -0.1) is 0 Å². The number of carbonyl (C=O) groups excluding carboxylic acids is 2. The molecule has 0 fully saturated rings. The first kappa shape index (κ1) is 19.0. The minimum absolute atomic E-state index is 0.240. The molecular weight excluding hydrogens is 415 g/mol. The van der Waals surface area contributed by atoms with Crippen LogP contribution in [0.1, 0.15) is 18.4 Å². The second-order valence-electron chi connectivity index (χ2n) is 4.76. The maximum Gasteiger partial charge on any atom is 0.405 e. The summed E-state index contributed by atoms with van der Waals surface area (Å²) in [5.41, 5.74) is 6.66.